The van der Waals surface area contributed by atoms with Crippen LogP contribution in [-0.2, 0) is 19.2 Å². The van der Waals surface area contributed by atoms with Crippen LogP contribution in [0, 0.1) is 29.6 Å². The van der Waals surface area contributed by atoms with Gasteiger partial charge in [-0.05, 0) is 36.5 Å². The van der Waals surface area contributed by atoms with E-state index in [1.54, 1.807) is 6.08 Å². The molecule has 0 bridgehead atoms. The minimum Gasteiger partial charge on any atom is -0.502 e. The van der Waals surface area contributed by atoms with E-state index in [0.717, 1.165) is 0 Å². The zero-order chi connectivity index (χ0) is 26.9. The number of carbonyl (C=O) groups excluding carboxylic acids is 6. The monoisotopic (exact) mass is 512 g/mol. The first kappa shape index (κ1) is 24.3. The van der Waals surface area contributed by atoms with Gasteiger partial charge in [0.15, 0.2) is 11.5 Å². The van der Waals surface area contributed by atoms with Gasteiger partial charge in [0.05, 0.1) is 37.9 Å². The van der Waals surface area contributed by atoms with Crippen molar-refractivity contribution in [2.45, 2.75) is 18.8 Å². The van der Waals surface area contributed by atoms with Crippen molar-refractivity contribution in [2.75, 3.05) is 14.2 Å². The van der Waals surface area contributed by atoms with E-state index in [4.69, 9.17) is 20.9 Å². The highest BCUT2D eigenvalue weighted by Gasteiger charge is 2.63. The zero-order valence-corrected chi connectivity index (χ0v) is 19.9. The molecule has 0 spiro atoms. The molecule has 1 saturated carbocycles. The predicted molar refractivity (Wildman–Crippen MR) is 122 cm³/mol. The standard InChI is InChI=1S/C24H24N4O9/c1-36-13-5-8(6-14(37-2)18(13)29)15-9-3-4-10-16(21(32)27(19(10)30)23(25)34)11(9)7-12-17(15)22(33)28(20(12)31)24(26)35/h3,5-6,10-12,15-17,29H,4,7H2,1-2H3,(H2,25,34)(H2,26,35). The van der Waals surface area contributed by atoms with Crippen LogP contribution in [0.3, 0.4) is 0 Å². The van der Waals surface area contributed by atoms with Crippen LogP contribution in [0.1, 0.15) is 24.3 Å². The van der Waals surface area contributed by atoms with E-state index in [2.05, 4.69) is 0 Å². The Hall–Kier alpha value is -4.42. The number of methoxy groups -OCH3 is 2. The second-order valence-electron chi connectivity index (χ2n) is 9.50. The highest BCUT2D eigenvalue weighted by Crippen LogP contribution is 2.58. The van der Waals surface area contributed by atoms with E-state index < -0.39 is 71.2 Å². The van der Waals surface area contributed by atoms with Crippen molar-refractivity contribution in [2.24, 2.45) is 41.1 Å². The molecule has 13 nitrogen and oxygen atoms in total. The number of nitrogens with two attached hydrogens (primary N) is 2. The minimum absolute atomic E-state index is 0.0134. The maximum Gasteiger partial charge on any atom is 0.328 e. The van der Waals surface area contributed by atoms with E-state index in [0.29, 0.717) is 20.9 Å². The number of allylic oxidation sites excluding steroid dienone is 2. The Morgan fingerprint density at radius 2 is 1.35 bits per heavy atom. The maximum atomic E-state index is 13.4. The third kappa shape index (κ3) is 3.22. The Morgan fingerprint density at radius 3 is 1.86 bits per heavy atom. The molecule has 6 atom stereocenters. The summed E-state index contributed by atoms with van der Waals surface area (Å²) in [7, 11) is 2.66. The number of amides is 8. The average molecular weight is 512 g/mol. The van der Waals surface area contributed by atoms with Gasteiger partial charge >= 0.3 is 12.1 Å². The summed E-state index contributed by atoms with van der Waals surface area (Å²) in [4.78, 5) is 77.4. The van der Waals surface area contributed by atoms with Gasteiger partial charge in [0.1, 0.15) is 0 Å². The van der Waals surface area contributed by atoms with Gasteiger partial charge in [-0.3, -0.25) is 19.2 Å². The Bertz CT molecular complexity index is 1300. The number of fused-ring (bicyclic) bond motifs is 4. The number of rotatable bonds is 3. The van der Waals surface area contributed by atoms with Crippen LogP contribution in [-0.4, -0.2) is 64.8 Å². The Balaban J connectivity index is 1.70. The normalized spacial score (nSPS) is 30.5. The molecule has 5 N–H and O–H groups in total. The van der Waals surface area contributed by atoms with Gasteiger partial charge < -0.3 is 26.0 Å². The molecule has 4 aliphatic rings. The van der Waals surface area contributed by atoms with Crippen molar-refractivity contribution in [3.05, 3.63) is 29.3 Å². The maximum absolute atomic E-state index is 13.4. The zero-order valence-electron chi connectivity index (χ0n) is 19.9. The quantitative estimate of drug-likeness (QED) is 0.374. The van der Waals surface area contributed by atoms with Crippen molar-refractivity contribution in [1.82, 2.24) is 9.80 Å². The molecule has 1 aromatic rings. The van der Waals surface area contributed by atoms with Crippen LogP contribution in [0.2, 0.25) is 0 Å². The average Bonchev–Trinajstić information content (AvgIpc) is 3.26. The fourth-order valence-electron chi connectivity index (χ4n) is 6.49. The number of nitrogens with zero attached hydrogens (tertiary/aromatic N) is 2. The lowest BCUT2D eigenvalue weighted by Gasteiger charge is -2.44. The molecule has 6 unspecified atom stereocenters. The number of phenolic OH excluding ortho intramolecular Hbond substituents is 1. The predicted octanol–water partition coefficient (Wildman–Crippen LogP) is 0.203. The summed E-state index contributed by atoms with van der Waals surface area (Å²) in [5, 5.41) is 10.4. The molecule has 37 heavy (non-hydrogen) atoms. The highest BCUT2D eigenvalue weighted by atomic mass is 16.5. The lowest BCUT2D eigenvalue weighted by atomic mass is 9.57. The number of benzene rings is 1. The molecule has 1 aromatic carbocycles. The fourth-order valence-corrected chi connectivity index (χ4v) is 6.49. The third-order valence-electron chi connectivity index (χ3n) is 7.95. The van der Waals surface area contributed by atoms with E-state index in [1.165, 1.54) is 26.4 Å². The molecular formula is C24H24N4O9. The molecule has 5 rings (SSSR count). The van der Waals surface area contributed by atoms with Crippen molar-refractivity contribution in [1.29, 1.82) is 0 Å². The summed E-state index contributed by atoms with van der Waals surface area (Å²) >= 11 is 0. The van der Waals surface area contributed by atoms with Crippen LogP contribution < -0.4 is 20.9 Å². The number of hydrogen-bond acceptors (Lipinski definition) is 9. The molecule has 194 valence electrons. The van der Waals surface area contributed by atoms with Gasteiger partial charge in [0.2, 0.25) is 29.4 Å². The van der Waals surface area contributed by atoms with Crippen LogP contribution in [0.4, 0.5) is 9.59 Å². The van der Waals surface area contributed by atoms with Crippen LogP contribution >= 0.6 is 0 Å². The number of carbonyl (C=O) groups is 6. The summed E-state index contributed by atoms with van der Waals surface area (Å²) in [6.07, 6.45) is 1.83. The van der Waals surface area contributed by atoms with Gasteiger partial charge in [-0.25, -0.2) is 9.59 Å². The number of urea groups is 2. The van der Waals surface area contributed by atoms with Gasteiger partial charge in [0.25, 0.3) is 0 Å². The Kier molecular flexibility index (Phi) is 5.46. The number of imide groups is 6. The van der Waals surface area contributed by atoms with E-state index in [-0.39, 0.29) is 30.1 Å². The van der Waals surface area contributed by atoms with E-state index >= 15 is 0 Å². The molecule has 3 fully saturated rings. The lowest BCUT2D eigenvalue weighted by Crippen LogP contribution is -2.44. The van der Waals surface area contributed by atoms with Crippen LogP contribution in [0.15, 0.2) is 23.8 Å². The molecule has 2 aliphatic carbocycles. The summed E-state index contributed by atoms with van der Waals surface area (Å²) in [6, 6.07) is 0.565. The third-order valence-corrected chi connectivity index (χ3v) is 7.95. The number of aromatic hydroxyl groups is 1. The summed E-state index contributed by atoms with van der Waals surface area (Å²) in [5.74, 6) is -8.71. The second kappa shape index (κ2) is 8.32. The molecule has 2 aliphatic heterocycles. The van der Waals surface area contributed by atoms with Crippen molar-refractivity contribution in [3.63, 3.8) is 0 Å². The van der Waals surface area contributed by atoms with Crippen LogP contribution in [0.25, 0.3) is 0 Å². The first-order chi connectivity index (χ1) is 17.5. The first-order valence-electron chi connectivity index (χ1n) is 11.5. The molecule has 0 radical (unpaired) electrons. The SMILES string of the molecule is COc1cc(C2C3=CCC4C(=O)N(C(N)=O)C(=O)C4C3CC3C(=O)N(C(N)=O)C(=O)C32)cc(OC)c1O. The Morgan fingerprint density at radius 1 is 0.838 bits per heavy atom. The Labute approximate surface area is 209 Å². The molecule has 8 amide bonds. The van der Waals surface area contributed by atoms with Gasteiger partial charge in [0, 0.05) is 5.92 Å². The summed E-state index contributed by atoms with van der Waals surface area (Å²) < 4.78 is 10.5. The second-order valence-corrected chi connectivity index (χ2v) is 9.50. The van der Waals surface area contributed by atoms with E-state index in [9.17, 15) is 33.9 Å². The molecule has 0 aromatic heterocycles. The largest absolute Gasteiger partial charge is 0.502 e. The fraction of sp³-hybridized carbons (Fsp3) is 0.417. The number of hydrogen-bond donors (Lipinski definition) is 3. The number of ether oxygens (including phenoxy) is 2. The molecule has 2 heterocycles. The number of likely N-dealkylation sites (tertiary alicyclic amines) is 2. The molecule has 2 saturated heterocycles. The van der Waals surface area contributed by atoms with E-state index in [1.807, 2.05) is 0 Å². The van der Waals surface area contributed by atoms with Gasteiger partial charge in [-0.1, -0.05) is 11.6 Å². The lowest BCUT2D eigenvalue weighted by molar-refractivity contribution is -0.138. The highest BCUT2D eigenvalue weighted by molar-refractivity contribution is 6.18. The summed E-state index contributed by atoms with van der Waals surface area (Å²) in [6.45, 7) is 0. The molecular weight excluding hydrogens is 488 g/mol. The number of primary amides is 2. The summed E-state index contributed by atoms with van der Waals surface area (Å²) in [5.41, 5.74) is 11.7. The number of phenols is 1. The van der Waals surface area contributed by atoms with Gasteiger partial charge in [-0.15, -0.1) is 0 Å². The minimum atomic E-state index is -1.22. The first-order valence-corrected chi connectivity index (χ1v) is 11.5. The van der Waals surface area contributed by atoms with Crippen molar-refractivity contribution in [3.8, 4) is 17.2 Å². The van der Waals surface area contributed by atoms with Crippen molar-refractivity contribution >= 4 is 35.7 Å². The van der Waals surface area contributed by atoms with Gasteiger partial charge in [-0.2, -0.15) is 9.80 Å². The van der Waals surface area contributed by atoms with Crippen molar-refractivity contribution < 1.29 is 43.3 Å². The molecule has 13 heteroatoms. The topological polar surface area (TPSA) is 200 Å². The van der Waals surface area contributed by atoms with Crippen LogP contribution in [0.5, 0.6) is 17.2 Å². The smallest absolute Gasteiger partial charge is 0.328 e.